The predicted molar refractivity (Wildman–Crippen MR) is 128 cm³/mol. The van der Waals surface area contributed by atoms with Crippen molar-refractivity contribution in [1.29, 1.82) is 0 Å². The van der Waals surface area contributed by atoms with Gasteiger partial charge < -0.3 is 5.32 Å². The number of hydrogen-bond donors (Lipinski definition) is 1. The summed E-state index contributed by atoms with van der Waals surface area (Å²) in [4.78, 5) is 16.6. The molecule has 0 aliphatic carbocycles. The highest BCUT2D eigenvalue weighted by Crippen LogP contribution is 2.29. The summed E-state index contributed by atoms with van der Waals surface area (Å²) in [6.07, 6.45) is 6.11. The number of nitrogens with one attached hydrogen (secondary N) is 1. The van der Waals surface area contributed by atoms with E-state index in [1.54, 1.807) is 60.8 Å². The number of benzene rings is 2. The lowest BCUT2D eigenvalue weighted by molar-refractivity contribution is -0.116. The van der Waals surface area contributed by atoms with Crippen LogP contribution in [0.1, 0.15) is 41.7 Å². The van der Waals surface area contributed by atoms with Gasteiger partial charge in [-0.05, 0) is 59.0 Å². The lowest BCUT2D eigenvalue weighted by Gasteiger charge is -2.19. The largest absolute Gasteiger partial charge is 0.351 e. The summed E-state index contributed by atoms with van der Waals surface area (Å²) in [6, 6.07) is 17.3. The molecule has 0 fully saturated rings. The Bertz CT molecular complexity index is 1170. The van der Waals surface area contributed by atoms with Crippen LogP contribution in [0.5, 0.6) is 0 Å². The van der Waals surface area contributed by atoms with Crippen molar-refractivity contribution in [3.05, 3.63) is 101 Å². The number of halogens is 1. The van der Waals surface area contributed by atoms with Gasteiger partial charge in [0.2, 0.25) is 5.91 Å². The highest BCUT2D eigenvalue weighted by atomic mass is 35.5. The summed E-state index contributed by atoms with van der Waals surface area (Å²) in [7, 11) is -3.76. The smallest absolute Gasteiger partial charge is 0.244 e. The second-order valence-electron chi connectivity index (χ2n) is 7.67. The van der Waals surface area contributed by atoms with E-state index in [-0.39, 0.29) is 17.3 Å². The van der Waals surface area contributed by atoms with E-state index in [2.05, 4.69) is 24.1 Å². The van der Waals surface area contributed by atoms with Gasteiger partial charge in [-0.2, -0.15) is 0 Å². The van der Waals surface area contributed by atoms with Crippen molar-refractivity contribution >= 4 is 33.4 Å². The van der Waals surface area contributed by atoms with Gasteiger partial charge in [0.15, 0.2) is 9.84 Å². The van der Waals surface area contributed by atoms with Crippen LogP contribution in [0.4, 0.5) is 0 Å². The molecule has 0 spiro atoms. The average Bonchev–Trinajstić information content (AvgIpc) is 2.79. The first kappa shape index (κ1) is 23.7. The summed E-state index contributed by atoms with van der Waals surface area (Å²) in [6.45, 7) is 4.02. The third-order valence-electron chi connectivity index (χ3n) is 5.06. The molecular formula is C25H25ClN2O3S. The standard InChI is InChI=1S/C25H25ClN2O3S/c1-18(2)20-8-12-23(13-9-20)32(30,31)24(21-4-3-15-27-16-21)17-28-25(29)14-7-19-5-10-22(26)11-6-19/h3-16,18,24H,17H2,1-2H3,(H,28,29)/b14-7+. The quantitative estimate of drug-likeness (QED) is 0.461. The van der Waals surface area contributed by atoms with Gasteiger partial charge >= 0.3 is 0 Å². The molecule has 3 aromatic rings. The summed E-state index contributed by atoms with van der Waals surface area (Å²) in [5, 5.41) is 2.35. The highest BCUT2D eigenvalue weighted by molar-refractivity contribution is 7.91. The predicted octanol–water partition coefficient (Wildman–Crippen LogP) is 5.20. The summed E-state index contributed by atoms with van der Waals surface area (Å²) in [5.74, 6) is -0.0909. The maximum atomic E-state index is 13.4. The third kappa shape index (κ3) is 6.05. The molecule has 0 radical (unpaired) electrons. The first-order valence-electron chi connectivity index (χ1n) is 10.2. The summed E-state index contributed by atoms with van der Waals surface area (Å²) < 4.78 is 26.9. The lowest BCUT2D eigenvalue weighted by Crippen LogP contribution is -2.31. The van der Waals surface area contributed by atoms with E-state index >= 15 is 0 Å². The third-order valence-corrected chi connectivity index (χ3v) is 7.43. The van der Waals surface area contributed by atoms with Crippen LogP contribution in [0.15, 0.2) is 84.0 Å². The Labute approximate surface area is 194 Å². The fraction of sp³-hybridized carbons (Fsp3) is 0.200. The molecular weight excluding hydrogens is 444 g/mol. The molecule has 1 aromatic heterocycles. The fourth-order valence-electron chi connectivity index (χ4n) is 3.18. The maximum absolute atomic E-state index is 13.4. The van der Waals surface area contributed by atoms with E-state index in [0.717, 1.165) is 11.1 Å². The van der Waals surface area contributed by atoms with Crippen LogP contribution in [0.25, 0.3) is 6.08 Å². The normalized spacial score (nSPS) is 12.8. The molecule has 0 aliphatic rings. The molecule has 5 nitrogen and oxygen atoms in total. The molecule has 0 saturated heterocycles. The maximum Gasteiger partial charge on any atom is 0.244 e. The minimum Gasteiger partial charge on any atom is -0.351 e. The van der Waals surface area contributed by atoms with Crippen molar-refractivity contribution in [2.45, 2.75) is 29.9 Å². The molecule has 7 heteroatoms. The van der Waals surface area contributed by atoms with E-state index < -0.39 is 15.1 Å². The van der Waals surface area contributed by atoms with Crippen molar-refractivity contribution in [3.8, 4) is 0 Å². The molecule has 1 amide bonds. The van der Waals surface area contributed by atoms with Gasteiger partial charge in [-0.1, -0.05) is 55.8 Å². The Morgan fingerprint density at radius 3 is 2.31 bits per heavy atom. The first-order chi connectivity index (χ1) is 15.3. The molecule has 1 heterocycles. The fourth-order valence-corrected chi connectivity index (χ4v) is 4.95. The topological polar surface area (TPSA) is 76.1 Å². The van der Waals surface area contributed by atoms with Crippen molar-refractivity contribution in [2.75, 3.05) is 6.54 Å². The Morgan fingerprint density at radius 2 is 1.72 bits per heavy atom. The van der Waals surface area contributed by atoms with Gasteiger partial charge in [0.05, 0.1) is 4.90 Å². The second-order valence-corrected chi connectivity index (χ2v) is 10.2. The van der Waals surface area contributed by atoms with Crippen LogP contribution in [0.3, 0.4) is 0 Å². The van der Waals surface area contributed by atoms with E-state index in [1.165, 1.54) is 12.3 Å². The number of carbonyl (C=O) groups excluding carboxylic acids is 1. The number of carbonyl (C=O) groups is 1. The van der Waals surface area contributed by atoms with Gasteiger partial charge in [-0.15, -0.1) is 0 Å². The van der Waals surface area contributed by atoms with Crippen molar-refractivity contribution in [2.24, 2.45) is 0 Å². The van der Waals surface area contributed by atoms with E-state index in [1.807, 2.05) is 12.1 Å². The van der Waals surface area contributed by atoms with Crippen molar-refractivity contribution < 1.29 is 13.2 Å². The second kappa shape index (κ2) is 10.6. The van der Waals surface area contributed by atoms with Crippen LogP contribution in [0, 0.1) is 0 Å². The van der Waals surface area contributed by atoms with E-state index in [4.69, 9.17) is 11.6 Å². The van der Waals surface area contributed by atoms with Gasteiger partial charge in [-0.3, -0.25) is 9.78 Å². The molecule has 0 saturated carbocycles. The van der Waals surface area contributed by atoms with Gasteiger partial charge in [-0.25, -0.2) is 8.42 Å². The van der Waals surface area contributed by atoms with E-state index in [0.29, 0.717) is 16.5 Å². The monoisotopic (exact) mass is 468 g/mol. The molecule has 2 aromatic carbocycles. The Morgan fingerprint density at radius 1 is 1.03 bits per heavy atom. The Kier molecular flexibility index (Phi) is 7.83. The molecule has 166 valence electrons. The Hall–Kier alpha value is -2.96. The minimum absolute atomic E-state index is 0.0796. The zero-order valence-electron chi connectivity index (χ0n) is 17.9. The van der Waals surface area contributed by atoms with Crippen molar-refractivity contribution in [1.82, 2.24) is 10.3 Å². The van der Waals surface area contributed by atoms with Crippen molar-refractivity contribution in [3.63, 3.8) is 0 Å². The zero-order valence-corrected chi connectivity index (χ0v) is 19.5. The summed E-state index contributed by atoms with van der Waals surface area (Å²) >= 11 is 5.87. The van der Waals surface area contributed by atoms with Crippen LogP contribution in [-0.2, 0) is 14.6 Å². The average molecular weight is 469 g/mol. The van der Waals surface area contributed by atoms with Gasteiger partial charge in [0.25, 0.3) is 0 Å². The first-order valence-corrected chi connectivity index (χ1v) is 12.1. The molecule has 1 atom stereocenters. The molecule has 32 heavy (non-hydrogen) atoms. The van der Waals surface area contributed by atoms with Crippen LogP contribution >= 0.6 is 11.6 Å². The number of pyridine rings is 1. The number of rotatable bonds is 8. The molecule has 1 N–H and O–H groups in total. The SMILES string of the molecule is CC(C)c1ccc(S(=O)(=O)C(CNC(=O)/C=C/c2ccc(Cl)cc2)c2cccnc2)cc1. The van der Waals surface area contributed by atoms with Gasteiger partial charge in [0, 0.05) is 30.0 Å². The number of aromatic nitrogens is 1. The summed E-state index contributed by atoms with van der Waals surface area (Å²) in [5.41, 5.74) is 2.39. The molecule has 0 aliphatic heterocycles. The molecule has 3 rings (SSSR count). The number of amides is 1. The number of nitrogens with zero attached hydrogens (tertiary/aromatic N) is 1. The minimum atomic E-state index is -3.76. The zero-order chi connectivity index (χ0) is 23.1. The molecule has 1 unspecified atom stereocenters. The molecule has 0 bridgehead atoms. The Balaban J connectivity index is 1.80. The number of hydrogen-bond acceptors (Lipinski definition) is 4. The highest BCUT2D eigenvalue weighted by Gasteiger charge is 2.29. The lowest BCUT2D eigenvalue weighted by atomic mass is 10.0. The van der Waals surface area contributed by atoms with Gasteiger partial charge in [0.1, 0.15) is 5.25 Å². The van der Waals surface area contributed by atoms with E-state index in [9.17, 15) is 13.2 Å². The van der Waals surface area contributed by atoms with Crippen LogP contribution in [-0.4, -0.2) is 25.9 Å². The van der Waals surface area contributed by atoms with Crippen LogP contribution < -0.4 is 5.32 Å². The van der Waals surface area contributed by atoms with Crippen LogP contribution in [0.2, 0.25) is 5.02 Å². The number of sulfone groups is 1.